The number of fused-ring (bicyclic) bond motifs is 4. The van der Waals surface area contributed by atoms with Crippen LogP contribution in [0.1, 0.15) is 38.7 Å². The standard InChI is InChI=1S/C19H22FN3O3/c1-3-11(2)23-17(25)19(16(24)21-18(23)26)10-12-6-4-7-13(20)15(12)22-9-5-8-14(19)22/h4,6-7,11,14H,3,5,8-10H2,1-2H3,(H,21,24,26)/t11-,14-,19+/m1/s1. The van der Waals surface area contributed by atoms with Crippen LogP contribution < -0.4 is 10.2 Å². The largest absolute Gasteiger partial charge is 0.364 e. The molecule has 3 aliphatic heterocycles. The van der Waals surface area contributed by atoms with Crippen LogP contribution in [-0.4, -0.2) is 41.4 Å². The van der Waals surface area contributed by atoms with Crippen molar-refractivity contribution >= 4 is 23.5 Å². The van der Waals surface area contributed by atoms with Crippen molar-refractivity contribution in [2.45, 2.75) is 51.6 Å². The highest BCUT2D eigenvalue weighted by atomic mass is 19.1. The summed E-state index contributed by atoms with van der Waals surface area (Å²) in [6.07, 6.45) is 2.11. The second-order valence-corrected chi connectivity index (χ2v) is 7.44. The number of para-hydroxylation sites is 1. The van der Waals surface area contributed by atoms with Crippen molar-refractivity contribution in [3.8, 4) is 0 Å². The Labute approximate surface area is 151 Å². The molecule has 0 saturated carbocycles. The molecule has 0 aliphatic carbocycles. The van der Waals surface area contributed by atoms with Crippen LogP contribution in [-0.2, 0) is 16.0 Å². The lowest BCUT2D eigenvalue weighted by Gasteiger charge is -2.50. The zero-order valence-corrected chi connectivity index (χ0v) is 14.9. The molecular formula is C19H22FN3O3. The van der Waals surface area contributed by atoms with Crippen LogP contribution in [0.4, 0.5) is 14.9 Å². The number of carbonyl (C=O) groups is 3. The number of imide groups is 2. The Hall–Kier alpha value is -2.44. The molecular weight excluding hydrogens is 337 g/mol. The van der Waals surface area contributed by atoms with Gasteiger partial charge in [0.1, 0.15) is 5.82 Å². The molecule has 2 fully saturated rings. The van der Waals surface area contributed by atoms with Crippen molar-refractivity contribution in [2.24, 2.45) is 5.41 Å². The molecule has 0 bridgehead atoms. The summed E-state index contributed by atoms with van der Waals surface area (Å²) < 4.78 is 14.5. The van der Waals surface area contributed by atoms with Crippen LogP contribution in [0, 0.1) is 11.2 Å². The van der Waals surface area contributed by atoms with E-state index >= 15 is 0 Å². The summed E-state index contributed by atoms with van der Waals surface area (Å²) >= 11 is 0. The first-order chi connectivity index (χ1) is 12.4. The Morgan fingerprint density at radius 1 is 1.35 bits per heavy atom. The Morgan fingerprint density at radius 3 is 2.85 bits per heavy atom. The van der Waals surface area contributed by atoms with Gasteiger partial charge in [0.15, 0.2) is 5.41 Å². The number of amides is 4. The third kappa shape index (κ3) is 2.06. The third-order valence-electron chi connectivity index (χ3n) is 6.12. The van der Waals surface area contributed by atoms with Crippen LogP contribution in [0.5, 0.6) is 0 Å². The van der Waals surface area contributed by atoms with Crippen molar-refractivity contribution in [3.05, 3.63) is 29.6 Å². The molecule has 3 atom stereocenters. The van der Waals surface area contributed by atoms with Crippen LogP contribution in [0.2, 0.25) is 0 Å². The number of halogens is 1. The fraction of sp³-hybridized carbons (Fsp3) is 0.526. The number of carbonyl (C=O) groups excluding carboxylic acids is 3. The Kier molecular flexibility index (Phi) is 3.78. The zero-order valence-electron chi connectivity index (χ0n) is 14.9. The van der Waals surface area contributed by atoms with Crippen molar-refractivity contribution in [2.75, 3.05) is 11.4 Å². The highest BCUT2D eigenvalue weighted by molar-refractivity contribution is 6.20. The van der Waals surface area contributed by atoms with Gasteiger partial charge < -0.3 is 4.90 Å². The number of benzene rings is 1. The first-order valence-electron chi connectivity index (χ1n) is 9.15. The summed E-state index contributed by atoms with van der Waals surface area (Å²) in [5.41, 5.74) is -0.243. The molecule has 26 heavy (non-hydrogen) atoms. The van der Waals surface area contributed by atoms with E-state index in [-0.39, 0.29) is 18.3 Å². The van der Waals surface area contributed by atoms with Crippen LogP contribution in [0.15, 0.2) is 18.2 Å². The molecule has 2 saturated heterocycles. The van der Waals surface area contributed by atoms with Gasteiger partial charge in [0.2, 0.25) is 11.8 Å². The average Bonchev–Trinajstić information content (AvgIpc) is 3.09. The quantitative estimate of drug-likeness (QED) is 0.822. The van der Waals surface area contributed by atoms with Gasteiger partial charge in [-0.15, -0.1) is 0 Å². The minimum Gasteiger partial charge on any atom is -0.364 e. The van der Waals surface area contributed by atoms with Crippen LogP contribution in [0.3, 0.4) is 0 Å². The number of anilines is 1. The fourth-order valence-corrected chi connectivity index (χ4v) is 4.70. The summed E-state index contributed by atoms with van der Waals surface area (Å²) in [6.45, 7) is 4.28. The molecule has 1 aromatic rings. The lowest BCUT2D eigenvalue weighted by Crippen LogP contribution is -2.72. The number of urea groups is 1. The second kappa shape index (κ2) is 5.79. The molecule has 6 nitrogen and oxygen atoms in total. The maximum absolute atomic E-state index is 14.5. The lowest BCUT2D eigenvalue weighted by molar-refractivity contribution is -0.154. The maximum Gasteiger partial charge on any atom is 0.331 e. The molecule has 0 unspecified atom stereocenters. The molecule has 1 aromatic carbocycles. The predicted octanol–water partition coefficient (Wildman–Crippen LogP) is 2.21. The predicted molar refractivity (Wildman–Crippen MR) is 93.0 cm³/mol. The highest BCUT2D eigenvalue weighted by Gasteiger charge is 2.63. The van der Waals surface area contributed by atoms with Crippen LogP contribution >= 0.6 is 0 Å². The summed E-state index contributed by atoms with van der Waals surface area (Å²) in [5, 5.41) is 2.40. The van der Waals surface area contributed by atoms with Crippen molar-refractivity contribution in [1.82, 2.24) is 10.2 Å². The maximum atomic E-state index is 14.5. The van der Waals surface area contributed by atoms with Gasteiger partial charge in [-0.25, -0.2) is 9.18 Å². The zero-order chi connectivity index (χ0) is 18.6. The fourth-order valence-electron chi connectivity index (χ4n) is 4.70. The lowest BCUT2D eigenvalue weighted by atomic mass is 9.68. The minimum atomic E-state index is -1.38. The van der Waals surface area contributed by atoms with E-state index in [0.717, 1.165) is 6.42 Å². The normalized spacial score (nSPS) is 28.9. The van der Waals surface area contributed by atoms with Crippen molar-refractivity contribution in [3.63, 3.8) is 0 Å². The molecule has 1 spiro atoms. The highest BCUT2D eigenvalue weighted by Crippen LogP contribution is 2.49. The van der Waals surface area contributed by atoms with E-state index in [1.807, 2.05) is 11.8 Å². The first-order valence-corrected chi connectivity index (χ1v) is 9.15. The number of rotatable bonds is 2. The molecule has 1 N–H and O–H groups in total. The molecule has 7 heteroatoms. The molecule has 0 aromatic heterocycles. The van der Waals surface area contributed by atoms with E-state index in [1.54, 1.807) is 19.1 Å². The Morgan fingerprint density at radius 2 is 2.12 bits per heavy atom. The number of hydrogen-bond donors (Lipinski definition) is 1. The monoisotopic (exact) mass is 359 g/mol. The van der Waals surface area contributed by atoms with Gasteiger partial charge >= 0.3 is 6.03 Å². The van der Waals surface area contributed by atoms with Gasteiger partial charge in [0, 0.05) is 12.6 Å². The topological polar surface area (TPSA) is 69.7 Å². The van der Waals surface area contributed by atoms with Gasteiger partial charge in [0.05, 0.1) is 11.7 Å². The van der Waals surface area contributed by atoms with Gasteiger partial charge in [0.25, 0.3) is 0 Å². The molecule has 4 amide bonds. The molecule has 0 radical (unpaired) electrons. The minimum absolute atomic E-state index is 0.117. The average molecular weight is 359 g/mol. The number of hydrogen-bond acceptors (Lipinski definition) is 4. The first kappa shape index (κ1) is 17.0. The molecule has 3 aliphatic rings. The Bertz CT molecular complexity index is 811. The van der Waals surface area contributed by atoms with E-state index in [4.69, 9.17) is 0 Å². The number of nitrogens with one attached hydrogen (secondary N) is 1. The summed E-state index contributed by atoms with van der Waals surface area (Å²) in [7, 11) is 0. The molecule has 4 rings (SSSR count). The molecule has 138 valence electrons. The van der Waals surface area contributed by atoms with Crippen LogP contribution in [0.25, 0.3) is 0 Å². The third-order valence-corrected chi connectivity index (χ3v) is 6.12. The van der Waals surface area contributed by atoms with E-state index < -0.39 is 29.3 Å². The van der Waals surface area contributed by atoms with E-state index in [0.29, 0.717) is 30.6 Å². The van der Waals surface area contributed by atoms with Gasteiger partial charge in [-0.1, -0.05) is 19.1 Å². The van der Waals surface area contributed by atoms with Gasteiger partial charge in [-0.05, 0) is 44.2 Å². The van der Waals surface area contributed by atoms with Crippen molar-refractivity contribution in [1.29, 1.82) is 0 Å². The summed E-state index contributed by atoms with van der Waals surface area (Å²) in [6, 6.07) is 3.37. The van der Waals surface area contributed by atoms with Gasteiger partial charge in [-0.2, -0.15) is 0 Å². The summed E-state index contributed by atoms with van der Waals surface area (Å²) in [4.78, 5) is 41.8. The Balaban J connectivity index is 1.88. The van der Waals surface area contributed by atoms with E-state index in [1.165, 1.54) is 11.0 Å². The van der Waals surface area contributed by atoms with Gasteiger partial charge in [-0.3, -0.25) is 19.8 Å². The SMILES string of the molecule is CC[C@@H](C)N1C(=O)NC(=O)[C@@]2(Cc3cccc(F)c3N3CCC[C@@H]32)C1=O. The number of barbiturate groups is 1. The van der Waals surface area contributed by atoms with E-state index in [2.05, 4.69) is 5.32 Å². The number of nitrogens with zero attached hydrogens (tertiary/aromatic N) is 2. The smallest absolute Gasteiger partial charge is 0.331 e. The van der Waals surface area contributed by atoms with Crippen molar-refractivity contribution < 1.29 is 18.8 Å². The molecule has 3 heterocycles. The summed E-state index contributed by atoms with van der Waals surface area (Å²) in [5.74, 6) is -1.34. The second-order valence-electron chi connectivity index (χ2n) is 7.44. The van der Waals surface area contributed by atoms with E-state index in [9.17, 15) is 18.8 Å².